The molecule has 1 aromatic heterocycles. The minimum absolute atomic E-state index is 0.124. The van der Waals surface area contributed by atoms with Crippen molar-refractivity contribution >= 4 is 11.7 Å². The summed E-state index contributed by atoms with van der Waals surface area (Å²) in [6, 6.07) is 8.47. The molecule has 5 heteroatoms. The summed E-state index contributed by atoms with van der Waals surface area (Å²) < 4.78 is 0. The lowest BCUT2D eigenvalue weighted by Gasteiger charge is -2.25. The molecule has 0 spiro atoms. The van der Waals surface area contributed by atoms with E-state index in [0.717, 1.165) is 19.3 Å². The molecule has 1 atom stereocenters. The van der Waals surface area contributed by atoms with E-state index in [0.29, 0.717) is 0 Å². The quantitative estimate of drug-likeness (QED) is 0.861. The number of hydrogen-bond acceptors (Lipinski definition) is 4. The van der Waals surface area contributed by atoms with Crippen molar-refractivity contribution in [3.8, 4) is 0 Å². The summed E-state index contributed by atoms with van der Waals surface area (Å²) in [7, 11) is 0. The van der Waals surface area contributed by atoms with Crippen LogP contribution in [0.25, 0.3) is 0 Å². The molecule has 1 heterocycles. The highest BCUT2D eigenvalue weighted by molar-refractivity contribution is 5.96. The lowest BCUT2D eigenvalue weighted by atomic mass is 9.88. The lowest BCUT2D eigenvalue weighted by Crippen LogP contribution is -2.39. The van der Waals surface area contributed by atoms with Gasteiger partial charge in [-0.05, 0) is 30.4 Å². The van der Waals surface area contributed by atoms with Crippen molar-refractivity contribution in [2.45, 2.75) is 25.3 Å². The third kappa shape index (κ3) is 2.47. The number of benzene rings is 1. The predicted molar refractivity (Wildman–Crippen MR) is 76.2 cm³/mol. The first kappa shape index (κ1) is 12.6. The third-order valence-electron chi connectivity index (χ3n) is 3.62. The van der Waals surface area contributed by atoms with Crippen molar-refractivity contribution in [3.05, 3.63) is 53.5 Å². The minimum atomic E-state index is -0.250. The number of nitrogen functional groups attached to an aromatic ring is 1. The van der Waals surface area contributed by atoms with Crippen molar-refractivity contribution in [2.24, 2.45) is 0 Å². The first-order chi connectivity index (χ1) is 9.74. The third-order valence-corrected chi connectivity index (χ3v) is 3.62. The van der Waals surface area contributed by atoms with Crippen LogP contribution in [0.5, 0.6) is 0 Å². The number of anilines is 1. The summed E-state index contributed by atoms with van der Waals surface area (Å²) in [5.74, 6) is -0.0822. The van der Waals surface area contributed by atoms with Crippen molar-refractivity contribution in [1.82, 2.24) is 15.3 Å². The highest BCUT2D eigenvalue weighted by Crippen LogP contribution is 2.21. The molecule has 0 aliphatic heterocycles. The van der Waals surface area contributed by atoms with Crippen LogP contribution in [0, 0.1) is 0 Å². The monoisotopic (exact) mass is 268 g/mol. The molecule has 1 amide bonds. The fourth-order valence-electron chi connectivity index (χ4n) is 2.60. The van der Waals surface area contributed by atoms with E-state index in [1.165, 1.54) is 23.5 Å². The Kier molecular flexibility index (Phi) is 3.33. The number of aromatic nitrogens is 2. The second kappa shape index (κ2) is 5.28. The van der Waals surface area contributed by atoms with Gasteiger partial charge in [0.2, 0.25) is 0 Å². The maximum Gasteiger partial charge on any atom is 0.273 e. The van der Waals surface area contributed by atoms with Gasteiger partial charge in [-0.1, -0.05) is 24.3 Å². The Morgan fingerprint density at radius 3 is 2.75 bits per heavy atom. The van der Waals surface area contributed by atoms with Gasteiger partial charge >= 0.3 is 0 Å². The molecular weight excluding hydrogens is 252 g/mol. The fraction of sp³-hybridized carbons (Fsp3) is 0.267. The van der Waals surface area contributed by atoms with Gasteiger partial charge in [0.25, 0.3) is 5.91 Å². The van der Waals surface area contributed by atoms with Crippen LogP contribution in [0.1, 0.15) is 28.0 Å². The van der Waals surface area contributed by atoms with Crippen LogP contribution in [0.4, 0.5) is 5.82 Å². The van der Waals surface area contributed by atoms with Gasteiger partial charge in [0.1, 0.15) is 0 Å². The van der Waals surface area contributed by atoms with Crippen LogP contribution in [-0.2, 0) is 12.8 Å². The molecule has 0 bridgehead atoms. The molecular formula is C15H16N4O. The highest BCUT2D eigenvalue weighted by atomic mass is 16.2. The molecule has 5 nitrogen and oxygen atoms in total. The molecule has 3 rings (SSSR count). The molecule has 1 aromatic carbocycles. The van der Waals surface area contributed by atoms with Gasteiger partial charge in [0.05, 0.1) is 0 Å². The van der Waals surface area contributed by atoms with Gasteiger partial charge in [-0.2, -0.15) is 0 Å². The van der Waals surface area contributed by atoms with Crippen molar-refractivity contribution in [2.75, 3.05) is 5.73 Å². The molecule has 0 saturated carbocycles. The maximum absolute atomic E-state index is 12.2. The molecule has 0 radical (unpaired) electrons. The van der Waals surface area contributed by atoms with E-state index in [4.69, 9.17) is 5.73 Å². The Morgan fingerprint density at radius 1 is 1.20 bits per heavy atom. The van der Waals surface area contributed by atoms with Crippen molar-refractivity contribution in [1.29, 1.82) is 0 Å². The van der Waals surface area contributed by atoms with Gasteiger partial charge in [-0.15, -0.1) is 0 Å². The van der Waals surface area contributed by atoms with E-state index < -0.39 is 0 Å². The molecule has 102 valence electrons. The van der Waals surface area contributed by atoms with Crippen LogP contribution < -0.4 is 11.1 Å². The van der Waals surface area contributed by atoms with Crippen LogP contribution in [0.3, 0.4) is 0 Å². The second-order valence-corrected chi connectivity index (χ2v) is 4.97. The van der Waals surface area contributed by atoms with Gasteiger partial charge in [-0.3, -0.25) is 4.79 Å². The average Bonchev–Trinajstić information content (AvgIpc) is 2.47. The van der Waals surface area contributed by atoms with E-state index >= 15 is 0 Å². The number of fused-ring (bicyclic) bond motifs is 1. The average molecular weight is 268 g/mol. The summed E-state index contributed by atoms with van der Waals surface area (Å²) in [6.07, 6.45) is 5.71. The molecule has 3 N–H and O–H groups in total. The Labute approximate surface area is 117 Å². The standard InChI is InChI=1S/C15H16N4O/c16-14-13(17-7-8-18-14)15(20)19-12-6-5-10-3-1-2-4-11(10)9-12/h1-4,7-8,12H,5-6,9H2,(H2,16,18)(H,19,20). The molecule has 20 heavy (non-hydrogen) atoms. The summed E-state index contributed by atoms with van der Waals surface area (Å²) in [4.78, 5) is 20.0. The van der Waals surface area contributed by atoms with E-state index in [-0.39, 0.29) is 23.5 Å². The largest absolute Gasteiger partial charge is 0.382 e. The summed E-state index contributed by atoms with van der Waals surface area (Å²) in [5.41, 5.74) is 8.54. The Hall–Kier alpha value is -2.43. The predicted octanol–water partition coefficient (Wildman–Crippen LogP) is 1.35. The smallest absolute Gasteiger partial charge is 0.273 e. The van der Waals surface area contributed by atoms with Crippen molar-refractivity contribution in [3.63, 3.8) is 0 Å². The Balaban J connectivity index is 1.71. The zero-order chi connectivity index (χ0) is 13.9. The van der Waals surface area contributed by atoms with E-state index in [1.54, 1.807) is 0 Å². The summed E-state index contributed by atoms with van der Waals surface area (Å²) >= 11 is 0. The SMILES string of the molecule is Nc1nccnc1C(=O)NC1CCc2ccccc2C1. The first-order valence-corrected chi connectivity index (χ1v) is 6.68. The molecule has 1 unspecified atom stereocenters. The fourth-order valence-corrected chi connectivity index (χ4v) is 2.60. The number of carbonyl (C=O) groups excluding carboxylic acids is 1. The van der Waals surface area contributed by atoms with E-state index in [2.05, 4.69) is 33.5 Å². The van der Waals surface area contributed by atoms with Gasteiger partial charge in [-0.25, -0.2) is 9.97 Å². The Morgan fingerprint density at radius 2 is 1.95 bits per heavy atom. The first-order valence-electron chi connectivity index (χ1n) is 6.68. The van der Waals surface area contributed by atoms with Gasteiger partial charge < -0.3 is 11.1 Å². The van der Waals surface area contributed by atoms with Crippen molar-refractivity contribution < 1.29 is 4.79 Å². The number of nitrogens with zero attached hydrogens (tertiary/aromatic N) is 2. The number of amides is 1. The molecule has 0 saturated heterocycles. The van der Waals surface area contributed by atoms with Crippen LogP contribution in [0.15, 0.2) is 36.7 Å². The molecule has 1 aliphatic carbocycles. The molecule has 2 aromatic rings. The van der Waals surface area contributed by atoms with Gasteiger partial charge in [0, 0.05) is 18.4 Å². The number of nitrogens with one attached hydrogen (secondary N) is 1. The van der Waals surface area contributed by atoms with Crippen LogP contribution in [-0.4, -0.2) is 21.9 Å². The zero-order valence-electron chi connectivity index (χ0n) is 11.0. The zero-order valence-corrected chi connectivity index (χ0v) is 11.0. The van der Waals surface area contributed by atoms with E-state index in [1.807, 2.05) is 6.07 Å². The number of hydrogen-bond donors (Lipinski definition) is 2. The number of aryl methyl sites for hydroxylation is 1. The van der Waals surface area contributed by atoms with Crippen LogP contribution >= 0.6 is 0 Å². The van der Waals surface area contributed by atoms with Gasteiger partial charge in [0.15, 0.2) is 11.5 Å². The number of nitrogens with two attached hydrogens (primary N) is 1. The topological polar surface area (TPSA) is 80.9 Å². The molecule has 1 aliphatic rings. The number of carbonyl (C=O) groups is 1. The second-order valence-electron chi connectivity index (χ2n) is 4.97. The molecule has 0 fully saturated rings. The van der Waals surface area contributed by atoms with E-state index in [9.17, 15) is 4.79 Å². The maximum atomic E-state index is 12.2. The minimum Gasteiger partial charge on any atom is -0.382 e. The van der Waals surface area contributed by atoms with Crippen LogP contribution in [0.2, 0.25) is 0 Å². The number of rotatable bonds is 2. The highest BCUT2D eigenvalue weighted by Gasteiger charge is 2.21. The normalized spacial score (nSPS) is 17.3. The summed E-state index contributed by atoms with van der Waals surface area (Å²) in [5, 5.41) is 3.00. The Bertz CT molecular complexity index is 641. The summed E-state index contributed by atoms with van der Waals surface area (Å²) in [6.45, 7) is 0. The lowest BCUT2D eigenvalue weighted by molar-refractivity contribution is 0.0929.